The van der Waals surface area contributed by atoms with Crippen LogP contribution in [0.1, 0.15) is 40.0 Å². The molecule has 0 atom stereocenters. The minimum atomic E-state index is -0.298. The lowest BCUT2D eigenvalue weighted by atomic mass is 9.98. The molecule has 0 spiro atoms. The fourth-order valence-corrected chi connectivity index (χ4v) is 5.48. The van der Waals surface area contributed by atoms with E-state index < -0.39 is 0 Å². The van der Waals surface area contributed by atoms with Crippen LogP contribution in [0.3, 0.4) is 0 Å². The number of hydrogen-bond acceptors (Lipinski definition) is 5. The second-order valence-electron chi connectivity index (χ2n) is 8.58. The number of hydrogen-bond donors (Lipinski definition) is 2. The monoisotopic (exact) mass is 520 g/mol. The summed E-state index contributed by atoms with van der Waals surface area (Å²) in [6, 6.07) is 17.5. The van der Waals surface area contributed by atoms with Crippen molar-refractivity contribution in [2.75, 3.05) is 18.4 Å². The number of halogens is 1. The van der Waals surface area contributed by atoms with E-state index in [2.05, 4.69) is 20.5 Å². The van der Waals surface area contributed by atoms with Gasteiger partial charge in [0.1, 0.15) is 17.3 Å². The number of piperidine rings is 1. The van der Waals surface area contributed by atoms with Crippen LogP contribution in [0.2, 0.25) is 0 Å². The summed E-state index contributed by atoms with van der Waals surface area (Å²) in [6.07, 6.45) is 3.49. The number of thiazole rings is 1. The molecule has 4 aromatic rings. The maximum atomic E-state index is 13.3. The molecule has 1 saturated heterocycles. The van der Waals surface area contributed by atoms with E-state index in [4.69, 9.17) is 16.6 Å². The Labute approximate surface area is 218 Å². The summed E-state index contributed by atoms with van der Waals surface area (Å²) in [6.45, 7) is 2.24. The highest BCUT2D eigenvalue weighted by atomic mass is 32.1. The zero-order valence-corrected chi connectivity index (χ0v) is 21.1. The molecule has 2 aromatic carbocycles. The molecule has 0 saturated carbocycles. The van der Waals surface area contributed by atoms with Crippen LogP contribution in [0.5, 0.6) is 0 Å². The van der Waals surface area contributed by atoms with Crippen LogP contribution in [0.25, 0.3) is 11.1 Å². The number of thiocarbonyl (C=S) groups is 1. The summed E-state index contributed by atoms with van der Waals surface area (Å²) in [5, 5.41) is 9.74. The van der Waals surface area contributed by atoms with Gasteiger partial charge in [0.05, 0.1) is 17.8 Å². The Hall–Kier alpha value is -3.56. The standard InChI is InChI=1S/C27H25FN4O2S2/c28-20-9-7-18(8-10-20)22-5-1-2-6-23(22)30-25(33)24-17-36-26(31-24)19-11-13-32(14-12-19)27(35)29-16-21-4-3-15-34-21/h1-10,15,17,19H,11-14,16H2,(H,29,35)(H,30,33). The Morgan fingerprint density at radius 1 is 1.11 bits per heavy atom. The molecule has 0 aliphatic carbocycles. The SMILES string of the molecule is O=C(Nc1ccccc1-c1ccc(F)cc1)c1csc(C2CCN(C(=S)NCc3ccco3)CC2)n1. The van der Waals surface area contributed by atoms with E-state index in [1.165, 1.54) is 23.5 Å². The Morgan fingerprint density at radius 2 is 1.89 bits per heavy atom. The number of para-hydroxylation sites is 1. The molecule has 0 unspecified atom stereocenters. The van der Waals surface area contributed by atoms with Crippen LogP contribution < -0.4 is 10.6 Å². The van der Waals surface area contributed by atoms with Gasteiger partial charge >= 0.3 is 0 Å². The van der Waals surface area contributed by atoms with Gasteiger partial charge in [0.2, 0.25) is 0 Å². The summed E-state index contributed by atoms with van der Waals surface area (Å²) >= 11 is 7.07. The minimum absolute atomic E-state index is 0.257. The molecule has 2 aromatic heterocycles. The number of carbonyl (C=O) groups is 1. The molecule has 6 nitrogen and oxygen atoms in total. The molecule has 1 amide bonds. The van der Waals surface area contributed by atoms with Gasteiger partial charge in [0.15, 0.2) is 5.11 Å². The molecule has 5 rings (SSSR count). The van der Waals surface area contributed by atoms with E-state index in [1.807, 2.05) is 41.8 Å². The lowest BCUT2D eigenvalue weighted by molar-refractivity contribution is 0.102. The fraction of sp³-hybridized carbons (Fsp3) is 0.222. The quantitative estimate of drug-likeness (QED) is 0.302. The molecule has 0 bridgehead atoms. The highest BCUT2D eigenvalue weighted by Crippen LogP contribution is 2.32. The zero-order valence-electron chi connectivity index (χ0n) is 19.4. The van der Waals surface area contributed by atoms with Gasteiger partial charge < -0.3 is 20.0 Å². The third-order valence-corrected chi connectivity index (χ3v) is 7.62. The maximum absolute atomic E-state index is 13.3. The van der Waals surface area contributed by atoms with Crippen molar-refractivity contribution >= 4 is 40.3 Å². The first kappa shape index (κ1) is 24.1. The van der Waals surface area contributed by atoms with Gasteiger partial charge in [-0.3, -0.25) is 4.79 Å². The van der Waals surface area contributed by atoms with Crippen LogP contribution in [0.4, 0.5) is 10.1 Å². The molecular weight excluding hydrogens is 495 g/mol. The number of carbonyl (C=O) groups excluding carboxylic acids is 1. The van der Waals surface area contributed by atoms with Crippen molar-refractivity contribution in [3.05, 3.63) is 94.6 Å². The van der Waals surface area contributed by atoms with E-state index in [1.54, 1.807) is 18.4 Å². The summed E-state index contributed by atoms with van der Waals surface area (Å²) in [7, 11) is 0. The Kier molecular flexibility index (Phi) is 7.39. The third-order valence-electron chi connectivity index (χ3n) is 6.21. The molecule has 1 aliphatic heterocycles. The molecule has 184 valence electrons. The molecular formula is C27H25FN4O2S2. The predicted octanol–water partition coefficient (Wildman–Crippen LogP) is 6.05. The smallest absolute Gasteiger partial charge is 0.275 e. The fourth-order valence-electron chi connectivity index (χ4n) is 4.26. The molecule has 2 N–H and O–H groups in total. The van der Waals surface area contributed by atoms with E-state index in [0.717, 1.165) is 52.9 Å². The summed E-state index contributed by atoms with van der Waals surface area (Å²) < 4.78 is 18.7. The van der Waals surface area contributed by atoms with Gasteiger partial charge in [-0.25, -0.2) is 9.37 Å². The van der Waals surface area contributed by atoms with Gasteiger partial charge in [0.25, 0.3) is 5.91 Å². The summed E-state index contributed by atoms with van der Waals surface area (Å²) in [5.74, 6) is 0.592. The average Bonchev–Trinajstić information content (AvgIpc) is 3.61. The van der Waals surface area contributed by atoms with Gasteiger partial charge in [-0.15, -0.1) is 11.3 Å². The Bertz CT molecular complexity index is 1330. The van der Waals surface area contributed by atoms with E-state index in [9.17, 15) is 9.18 Å². The summed E-state index contributed by atoms with van der Waals surface area (Å²) in [4.78, 5) is 19.8. The van der Waals surface area contributed by atoms with Crippen molar-refractivity contribution in [2.45, 2.75) is 25.3 Å². The second-order valence-corrected chi connectivity index (χ2v) is 9.85. The van der Waals surface area contributed by atoms with Crippen molar-refractivity contribution in [1.82, 2.24) is 15.2 Å². The Morgan fingerprint density at radius 3 is 2.64 bits per heavy atom. The molecule has 1 aliphatic rings. The summed E-state index contributed by atoms with van der Waals surface area (Å²) in [5.41, 5.74) is 2.72. The highest BCUT2D eigenvalue weighted by Gasteiger charge is 2.25. The van der Waals surface area contributed by atoms with E-state index in [0.29, 0.717) is 23.8 Å². The van der Waals surface area contributed by atoms with Crippen molar-refractivity contribution in [3.63, 3.8) is 0 Å². The molecule has 36 heavy (non-hydrogen) atoms. The molecule has 9 heteroatoms. The van der Waals surface area contributed by atoms with Gasteiger partial charge in [-0.1, -0.05) is 30.3 Å². The minimum Gasteiger partial charge on any atom is -0.467 e. The lowest BCUT2D eigenvalue weighted by Gasteiger charge is -2.33. The van der Waals surface area contributed by atoms with Gasteiger partial charge in [0, 0.05) is 35.6 Å². The Balaban J connectivity index is 1.18. The third kappa shape index (κ3) is 5.63. The molecule has 1 fully saturated rings. The number of rotatable bonds is 6. The molecule has 0 radical (unpaired) electrons. The first-order chi connectivity index (χ1) is 17.6. The van der Waals surface area contributed by atoms with Crippen LogP contribution >= 0.6 is 23.6 Å². The number of anilines is 1. The highest BCUT2D eigenvalue weighted by molar-refractivity contribution is 7.80. The normalized spacial score (nSPS) is 14.0. The molecule has 3 heterocycles. The number of benzene rings is 2. The number of amides is 1. The number of nitrogens with one attached hydrogen (secondary N) is 2. The van der Waals surface area contributed by atoms with Crippen molar-refractivity contribution in [1.29, 1.82) is 0 Å². The lowest BCUT2D eigenvalue weighted by Crippen LogP contribution is -2.43. The average molecular weight is 521 g/mol. The first-order valence-corrected chi connectivity index (χ1v) is 13.0. The predicted molar refractivity (Wildman–Crippen MR) is 144 cm³/mol. The second kappa shape index (κ2) is 11.0. The van der Waals surface area contributed by atoms with E-state index in [-0.39, 0.29) is 11.7 Å². The number of likely N-dealkylation sites (tertiary alicyclic amines) is 1. The number of nitrogens with zero attached hydrogens (tertiary/aromatic N) is 2. The van der Waals surface area contributed by atoms with E-state index >= 15 is 0 Å². The van der Waals surface area contributed by atoms with Crippen LogP contribution in [0, 0.1) is 5.82 Å². The van der Waals surface area contributed by atoms with Crippen LogP contribution in [0.15, 0.2) is 76.7 Å². The maximum Gasteiger partial charge on any atom is 0.275 e. The largest absolute Gasteiger partial charge is 0.467 e. The van der Waals surface area contributed by atoms with Crippen molar-refractivity contribution in [2.24, 2.45) is 0 Å². The number of furan rings is 1. The van der Waals surface area contributed by atoms with Gasteiger partial charge in [-0.2, -0.15) is 0 Å². The van der Waals surface area contributed by atoms with Crippen LogP contribution in [-0.4, -0.2) is 34.0 Å². The van der Waals surface area contributed by atoms with Crippen LogP contribution in [-0.2, 0) is 6.54 Å². The topological polar surface area (TPSA) is 70.4 Å². The van der Waals surface area contributed by atoms with Crippen molar-refractivity contribution < 1.29 is 13.6 Å². The van der Waals surface area contributed by atoms with Gasteiger partial charge in [-0.05, 0) is 61.0 Å². The number of aromatic nitrogens is 1. The van der Waals surface area contributed by atoms with Crippen molar-refractivity contribution in [3.8, 4) is 11.1 Å². The zero-order chi connectivity index (χ0) is 24.9. The first-order valence-electron chi connectivity index (χ1n) is 11.7.